The summed E-state index contributed by atoms with van der Waals surface area (Å²) in [6.07, 6.45) is 1.53. The lowest BCUT2D eigenvalue weighted by Gasteiger charge is -2.01. The van der Waals surface area contributed by atoms with E-state index in [1.807, 2.05) is 6.07 Å². The number of rotatable bonds is 3. The van der Waals surface area contributed by atoms with Gasteiger partial charge in [-0.25, -0.2) is 4.98 Å². The van der Waals surface area contributed by atoms with E-state index in [0.717, 1.165) is 0 Å². The first kappa shape index (κ1) is 11.7. The summed E-state index contributed by atoms with van der Waals surface area (Å²) in [5.74, 6) is 0.444. The van der Waals surface area contributed by atoms with E-state index >= 15 is 0 Å². The van der Waals surface area contributed by atoms with Crippen LogP contribution in [0.5, 0.6) is 5.88 Å². The minimum Gasteiger partial charge on any atom is -0.476 e. The van der Waals surface area contributed by atoms with Crippen LogP contribution in [-0.2, 0) is 0 Å². The van der Waals surface area contributed by atoms with Crippen LogP contribution in [0.25, 0.3) is 0 Å². The van der Waals surface area contributed by atoms with Crippen molar-refractivity contribution < 1.29 is 4.74 Å². The first-order valence-corrected chi connectivity index (χ1v) is 3.56. The average molecular weight is 200 g/mol. The van der Waals surface area contributed by atoms with Crippen LogP contribution < -0.4 is 10.5 Å². The Morgan fingerprint density at radius 1 is 1.62 bits per heavy atom. The lowest BCUT2D eigenvalue weighted by atomic mass is 10.3. The van der Waals surface area contributed by atoms with Crippen LogP contribution in [0.2, 0.25) is 0 Å². The van der Waals surface area contributed by atoms with Gasteiger partial charge >= 0.3 is 0 Å². The minimum atomic E-state index is 0. The van der Waals surface area contributed by atoms with Gasteiger partial charge in [0.15, 0.2) is 0 Å². The first-order valence-electron chi connectivity index (χ1n) is 3.56. The molecule has 0 saturated heterocycles. The van der Waals surface area contributed by atoms with Crippen molar-refractivity contribution in [1.29, 1.82) is 5.26 Å². The molecule has 0 amide bonds. The highest BCUT2D eigenvalue weighted by Gasteiger charge is 1.95. The quantitative estimate of drug-likeness (QED) is 0.779. The number of hydrogen-bond donors (Lipinski definition) is 1. The van der Waals surface area contributed by atoms with E-state index in [0.29, 0.717) is 24.6 Å². The Morgan fingerprint density at radius 3 is 3.00 bits per heavy atom. The van der Waals surface area contributed by atoms with E-state index < -0.39 is 0 Å². The zero-order valence-corrected chi connectivity index (χ0v) is 7.75. The third kappa shape index (κ3) is 3.74. The van der Waals surface area contributed by atoms with Gasteiger partial charge in [0.25, 0.3) is 0 Å². The number of nitrogens with zero attached hydrogens (tertiary/aromatic N) is 2. The normalized spacial score (nSPS) is 8.31. The predicted molar refractivity (Wildman–Crippen MR) is 50.7 cm³/mol. The lowest BCUT2D eigenvalue weighted by Crippen LogP contribution is -2.11. The largest absolute Gasteiger partial charge is 0.476 e. The number of nitrogens with two attached hydrogens (primary N) is 1. The molecule has 0 aliphatic rings. The molecular weight excluding hydrogens is 190 g/mol. The van der Waals surface area contributed by atoms with E-state index in [1.165, 1.54) is 6.20 Å². The van der Waals surface area contributed by atoms with Crippen molar-refractivity contribution in [1.82, 2.24) is 4.98 Å². The van der Waals surface area contributed by atoms with Crippen molar-refractivity contribution in [2.24, 2.45) is 5.73 Å². The van der Waals surface area contributed by atoms with Crippen LogP contribution in [0.1, 0.15) is 5.56 Å². The Labute approximate surface area is 82.7 Å². The van der Waals surface area contributed by atoms with E-state index in [-0.39, 0.29) is 12.4 Å². The molecule has 0 radical (unpaired) electrons. The van der Waals surface area contributed by atoms with E-state index in [1.54, 1.807) is 12.1 Å². The molecule has 0 bridgehead atoms. The summed E-state index contributed by atoms with van der Waals surface area (Å²) in [4.78, 5) is 3.90. The molecule has 1 heterocycles. The summed E-state index contributed by atoms with van der Waals surface area (Å²) in [6.45, 7) is 0.861. The molecule has 1 rings (SSSR count). The Morgan fingerprint density at radius 2 is 2.38 bits per heavy atom. The molecule has 0 aliphatic carbocycles. The minimum absolute atomic E-state index is 0. The molecule has 0 unspecified atom stereocenters. The summed E-state index contributed by atoms with van der Waals surface area (Å²) in [6, 6.07) is 5.19. The summed E-state index contributed by atoms with van der Waals surface area (Å²) in [5.41, 5.74) is 5.77. The Hall–Kier alpha value is -1.31. The second-order valence-corrected chi connectivity index (χ2v) is 2.13. The first-order chi connectivity index (χ1) is 5.86. The maximum absolute atomic E-state index is 8.53. The van der Waals surface area contributed by atoms with Gasteiger partial charge in [0, 0.05) is 18.8 Å². The van der Waals surface area contributed by atoms with E-state index in [4.69, 9.17) is 15.7 Å². The topological polar surface area (TPSA) is 71.9 Å². The number of aromatic nitrogens is 1. The Bertz CT molecular complexity index is 298. The SMILES string of the molecule is Cl.N#Cc1ccnc(OCCN)c1. The Balaban J connectivity index is 0.00000144. The van der Waals surface area contributed by atoms with Crippen molar-refractivity contribution in [3.63, 3.8) is 0 Å². The molecular formula is C8H10ClN3O. The summed E-state index contributed by atoms with van der Waals surface area (Å²) >= 11 is 0. The molecule has 0 aliphatic heterocycles. The molecule has 1 aromatic rings. The molecule has 5 heteroatoms. The molecule has 70 valence electrons. The fraction of sp³-hybridized carbons (Fsp3) is 0.250. The highest BCUT2D eigenvalue weighted by atomic mass is 35.5. The molecule has 1 aromatic heterocycles. The smallest absolute Gasteiger partial charge is 0.214 e. The van der Waals surface area contributed by atoms with Crippen molar-refractivity contribution in [2.75, 3.05) is 13.2 Å². The van der Waals surface area contributed by atoms with Gasteiger partial charge in [-0.3, -0.25) is 0 Å². The van der Waals surface area contributed by atoms with Gasteiger partial charge in [0.1, 0.15) is 6.61 Å². The van der Waals surface area contributed by atoms with Gasteiger partial charge in [0.05, 0.1) is 11.6 Å². The molecule has 0 saturated carbocycles. The molecule has 0 atom stereocenters. The van der Waals surface area contributed by atoms with Crippen LogP contribution in [0.4, 0.5) is 0 Å². The van der Waals surface area contributed by atoms with Gasteiger partial charge in [-0.2, -0.15) is 5.26 Å². The number of nitriles is 1. The number of hydrogen-bond acceptors (Lipinski definition) is 4. The average Bonchev–Trinajstić information content (AvgIpc) is 2.15. The van der Waals surface area contributed by atoms with Gasteiger partial charge in [-0.1, -0.05) is 0 Å². The van der Waals surface area contributed by atoms with Crippen LogP contribution in [0, 0.1) is 11.3 Å². The summed E-state index contributed by atoms with van der Waals surface area (Å²) in [7, 11) is 0. The zero-order chi connectivity index (χ0) is 8.81. The second-order valence-electron chi connectivity index (χ2n) is 2.13. The van der Waals surface area contributed by atoms with E-state index in [9.17, 15) is 0 Å². The van der Waals surface area contributed by atoms with Gasteiger partial charge in [0.2, 0.25) is 5.88 Å². The highest BCUT2D eigenvalue weighted by Crippen LogP contribution is 2.07. The van der Waals surface area contributed by atoms with Gasteiger partial charge < -0.3 is 10.5 Å². The maximum atomic E-state index is 8.53. The molecule has 0 spiro atoms. The van der Waals surface area contributed by atoms with Crippen LogP contribution >= 0.6 is 12.4 Å². The predicted octanol–water partition coefficient (Wildman–Crippen LogP) is 0.713. The molecule has 0 fully saturated rings. The number of ether oxygens (including phenoxy) is 1. The fourth-order valence-corrected chi connectivity index (χ4v) is 0.721. The highest BCUT2D eigenvalue weighted by molar-refractivity contribution is 5.85. The molecule has 2 N–H and O–H groups in total. The molecule has 0 aromatic carbocycles. The van der Waals surface area contributed by atoms with Crippen LogP contribution in [0.3, 0.4) is 0 Å². The van der Waals surface area contributed by atoms with Crippen molar-refractivity contribution in [3.05, 3.63) is 23.9 Å². The monoisotopic (exact) mass is 199 g/mol. The third-order valence-electron chi connectivity index (χ3n) is 1.23. The van der Waals surface area contributed by atoms with Crippen LogP contribution in [-0.4, -0.2) is 18.1 Å². The standard InChI is InChI=1S/C8H9N3O.ClH/c9-2-4-12-8-5-7(6-10)1-3-11-8;/h1,3,5H,2,4,9H2;1H. The zero-order valence-electron chi connectivity index (χ0n) is 6.93. The lowest BCUT2D eigenvalue weighted by molar-refractivity contribution is 0.315. The van der Waals surface area contributed by atoms with Crippen LogP contribution in [0.15, 0.2) is 18.3 Å². The fourth-order valence-electron chi connectivity index (χ4n) is 0.721. The maximum Gasteiger partial charge on any atom is 0.214 e. The van der Waals surface area contributed by atoms with Crippen molar-refractivity contribution >= 4 is 12.4 Å². The third-order valence-corrected chi connectivity index (χ3v) is 1.23. The van der Waals surface area contributed by atoms with Gasteiger partial charge in [-0.05, 0) is 6.07 Å². The Kier molecular flexibility index (Phi) is 5.60. The molecule has 4 nitrogen and oxygen atoms in total. The van der Waals surface area contributed by atoms with E-state index in [2.05, 4.69) is 4.98 Å². The molecule has 13 heavy (non-hydrogen) atoms. The second kappa shape index (κ2) is 6.23. The number of halogens is 1. The van der Waals surface area contributed by atoms with Gasteiger partial charge in [-0.15, -0.1) is 12.4 Å². The van der Waals surface area contributed by atoms with Crippen molar-refractivity contribution in [2.45, 2.75) is 0 Å². The number of pyridine rings is 1. The van der Waals surface area contributed by atoms with Crippen molar-refractivity contribution in [3.8, 4) is 11.9 Å². The summed E-state index contributed by atoms with van der Waals surface area (Å²) in [5, 5.41) is 8.53. The summed E-state index contributed by atoms with van der Waals surface area (Å²) < 4.78 is 5.11.